The third-order valence-electron chi connectivity index (χ3n) is 3.05. The maximum absolute atomic E-state index is 13.0. The fourth-order valence-electron chi connectivity index (χ4n) is 1.84. The Balaban J connectivity index is 2.33. The van der Waals surface area contributed by atoms with Gasteiger partial charge in [0.15, 0.2) is 5.82 Å². The molecular weight excluding hydrogens is 241 g/mol. The Morgan fingerprint density at radius 2 is 2.06 bits per heavy atom. The summed E-state index contributed by atoms with van der Waals surface area (Å²) in [5, 5.41) is 0. The molecule has 0 N–H and O–H groups in total. The van der Waals surface area contributed by atoms with Gasteiger partial charge in [-0.1, -0.05) is 18.2 Å². The van der Waals surface area contributed by atoms with E-state index in [1.54, 1.807) is 25.3 Å². The highest BCUT2D eigenvalue weighted by Crippen LogP contribution is 2.47. The fourth-order valence-corrected chi connectivity index (χ4v) is 1.84. The SMILES string of the molecule is Cc1ccnc(C2=CC=CC(C)(C(F)(F)F)C2)n1. The smallest absolute Gasteiger partial charge is 0.237 e. The zero-order valence-corrected chi connectivity index (χ0v) is 10.1. The molecular formula is C13H13F3N2. The van der Waals surface area contributed by atoms with Gasteiger partial charge in [-0.3, -0.25) is 0 Å². The van der Waals surface area contributed by atoms with E-state index in [9.17, 15) is 13.2 Å². The number of aromatic nitrogens is 2. The molecule has 0 saturated carbocycles. The Morgan fingerprint density at radius 3 is 2.67 bits per heavy atom. The van der Waals surface area contributed by atoms with Crippen molar-refractivity contribution in [1.82, 2.24) is 9.97 Å². The van der Waals surface area contributed by atoms with Crippen molar-refractivity contribution in [2.75, 3.05) is 0 Å². The lowest BCUT2D eigenvalue weighted by Crippen LogP contribution is -2.34. The first kappa shape index (κ1) is 12.8. The van der Waals surface area contributed by atoms with E-state index in [2.05, 4.69) is 9.97 Å². The van der Waals surface area contributed by atoms with Crippen molar-refractivity contribution >= 4 is 5.57 Å². The van der Waals surface area contributed by atoms with Gasteiger partial charge < -0.3 is 0 Å². The molecule has 1 aromatic rings. The van der Waals surface area contributed by atoms with Crippen molar-refractivity contribution in [2.24, 2.45) is 5.41 Å². The van der Waals surface area contributed by atoms with Crippen molar-refractivity contribution in [2.45, 2.75) is 26.4 Å². The van der Waals surface area contributed by atoms with E-state index in [1.807, 2.05) is 0 Å². The van der Waals surface area contributed by atoms with Gasteiger partial charge in [0.05, 0.1) is 5.41 Å². The van der Waals surface area contributed by atoms with Crippen molar-refractivity contribution in [1.29, 1.82) is 0 Å². The van der Waals surface area contributed by atoms with Gasteiger partial charge in [-0.05, 0) is 31.9 Å². The van der Waals surface area contributed by atoms with E-state index in [0.717, 1.165) is 5.69 Å². The third-order valence-corrected chi connectivity index (χ3v) is 3.05. The molecule has 1 heterocycles. The van der Waals surface area contributed by atoms with Crippen LogP contribution in [0.2, 0.25) is 0 Å². The largest absolute Gasteiger partial charge is 0.397 e. The van der Waals surface area contributed by atoms with Gasteiger partial charge in [0, 0.05) is 11.9 Å². The van der Waals surface area contributed by atoms with E-state index < -0.39 is 11.6 Å². The third kappa shape index (κ3) is 2.30. The first-order valence-corrected chi connectivity index (χ1v) is 5.57. The monoisotopic (exact) mass is 254 g/mol. The molecule has 0 aromatic carbocycles. The van der Waals surface area contributed by atoms with Gasteiger partial charge in [-0.15, -0.1) is 0 Å². The van der Waals surface area contributed by atoms with Gasteiger partial charge in [0.25, 0.3) is 0 Å². The number of alkyl halides is 3. The van der Waals surface area contributed by atoms with Crippen LogP contribution in [0, 0.1) is 12.3 Å². The number of hydrogen-bond donors (Lipinski definition) is 0. The molecule has 1 aliphatic carbocycles. The van der Waals surface area contributed by atoms with Crippen molar-refractivity contribution in [3.8, 4) is 0 Å². The predicted molar refractivity (Wildman–Crippen MR) is 62.7 cm³/mol. The number of aryl methyl sites for hydroxylation is 1. The molecule has 5 heteroatoms. The summed E-state index contributed by atoms with van der Waals surface area (Å²) in [7, 11) is 0. The summed E-state index contributed by atoms with van der Waals surface area (Å²) < 4.78 is 38.9. The minimum atomic E-state index is -4.27. The van der Waals surface area contributed by atoms with Crippen LogP contribution in [0.5, 0.6) is 0 Å². The van der Waals surface area contributed by atoms with E-state index in [-0.39, 0.29) is 6.42 Å². The van der Waals surface area contributed by atoms with Gasteiger partial charge in [-0.2, -0.15) is 13.2 Å². The number of nitrogens with zero attached hydrogens (tertiary/aromatic N) is 2. The lowest BCUT2D eigenvalue weighted by molar-refractivity contribution is -0.198. The summed E-state index contributed by atoms with van der Waals surface area (Å²) in [5.41, 5.74) is -0.588. The average Bonchev–Trinajstić information content (AvgIpc) is 2.27. The van der Waals surface area contributed by atoms with Gasteiger partial charge in [0.2, 0.25) is 0 Å². The molecule has 0 spiro atoms. The second kappa shape index (κ2) is 4.23. The molecule has 0 bridgehead atoms. The molecule has 1 unspecified atom stereocenters. The van der Waals surface area contributed by atoms with Crippen molar-refractivity contribution < 1.29 is 13.2 Å². The molecule has 0 saturated heterocycles. The zero-order valence-electron chi connectivity index (χ0n) is 10.1. The van der Waals surface area contributed by atoms with E-state index in [4.69, 9.17) is 0 Å². The minimum absolute atomic E-state index is 0.129. The fraction of sp³-hybridized carbons (Fsp3) is 0.385. The quantitative estimate of drug-likeness (QED) is 0.763. The molecule has 0 amide bonds. The van der Waals surface area contributed by atoms with Gasteiger partial charge in [0.1, 0.15) is 0 Å². The topological polar surface area (TPSA) is 25.8 Å². The standard InChI is InChI=1S/C13H13F3N2/c1-9-5-7-17-11(18-9)10-4-3-6-12(2,8-10)13(14,15)16/h3-7H,8H2,1-2H3. The normalized spacial score (nSPS) is 23.9. The highest BCUT2D eigenvalue weighted by Gasteiger charge is 2.50. The lowest BCUT2D eigenvalue weighted by Gasteiger charge is -2.31. The Labute approximate surface area is 103 Å². The molecule has 96 valence electrons. The summed E-state index contributed by atoms with van der Waals surface area (Å²) in [4.78, 5) is 8.19. The van der Waals surface area contributed by atoms with E-state index >= 15 is 0 Å². The number of rotatable bonds is 1. The molecule has 2 nitrogen and oxygen atoms in total. The van der Waals surface area contributed by atoms with Crippen LogP contribution in [-0.2, 0) is 0 Å². The van der Waals surface area contributed by atoms with Crippen LogP contribution < -0.4 is 0 Å². The molecule has 0 radical (unpaired) electrons. The number of allylic oxidation sites excluding steroid dienone is 4. The molecule has 0 fully saturated rings. The molecule has 1 aromatic heterocycles. The minimum Gasteiger partial charge on any atom is -0.237 e. The van der Waals surface area contributed by atoms with E-state index in [0.29, 0.717) is 11.4 Å². The maximum Gasteiger partial charge on any atom is 0.397 e. The second-order valence-electron chi connectivity index (χ2n) is 4.66. The predicted octanol–water partition coefficient (Wildman–Crippen LogP) is 3.70. The molecule has 1 aliphatic rings. The molecule has 18 heavy (non-hydrogen) atoms. The van der Waals surface area contributed by atoms with Gasteiger partial charge >= 0.3 is 6.18 Å². The second-order valence-corrected chi connectivity index (χ2v) is 4.66. The van der Waals surface area contributed by atoms with Crippen LogP contribution in [0.25, 0.3) is 5.57 Å². The summed E-state index contributed by atoms with van der Waals surface area (Å²) >= 11 is 0. The van der Waals surface area contributed by atoms with Crippen LogP contribution >= 0.6 is 0 Å². The van der Waals surface area contributed by atoms with Gasteiger partial charge in [-0.25, -0.2) is 9.97 Å². The van der Waals surface area contributed by atoms with Crippen LogP contribution in [0.4, 0.5) is 13.2 Å². The van der Waals surface area contributed by atoms with Crippen molar-refractivity contribution in [3.63, 3.8) is 0 Å². The summed E-state index contributed by atoms with van der Waals surface area (Å²) in [6.07, 6.45) is 1.41. The highest BCUT2D eigenvalue weighted by atomic mass is 19.4. The maximum atomic E-state index is 13.0. The zero-order chi connectivity index (χ0) is 13.4. The number of hydrogen-bond acceptors (Lipinski definition) is 2. The lowest BCUT2D eigenvalue weighted by atomic mass is 9.79. The Morgan fingerprint density at radius 1 is 1.33 bits per heavy atom. The Bertz CT molecular complexity index is 517. The Hall–Kier alpha value is -1.65. The van der Waals surface area contributed by atoms with Crippen LogP contribution in [-0.4, -0.2) is 16.1 Å². The van der Waals surface area contributed by atoms with Crippen LogP contribution in [0.15, 0.2) is 30.5 Å². The van der Waals surface area contributed by atoms with E-state index in [1.165, 1.54) is 19.1 Å². The highest BCUT2D eigenvalue weighted by molar-refractivity contribution is 5.64. The molecule has 0 aliphatic heterocycles. The summed E-state index contributed by atoms with van der Waals surface area (Å²) in [6.45, 7) is 2.97. The average molecular weight is 254 g/mol. The van der Waals surface area contributed by atoms with Crippen molar-refractivity contribution in [3.05, 3.63) is 42.0 Å². The molecule has 2 rings (SSSR count). The first-order chi connectivity index (χ1) is 8.32. The summed E-state index contributed by atoms with van der Waals surface area (Å²) in [6, 6.07) is 1.71. The summed E-state index contributed by atoms with van der Waals surface area (Å²) in [5.74, 6) is 0.370. The number of halogens is 3. The first-order valence-electron chi connectivity index (χ1n) is 5.57. The van der Waals surface area contributed by atoms with Crippen LogP contribution in [0.1, 0.15) is 24.9 Å². The Kier molecular flexibility index (Phi) is 3.00. The van der Waals surface area contributed by atoms with Crippen LogP contribution in [0.3, 0.4) is 0 Å². The molecule has 1 atom stereocenters.